The van der Waals surface area contributed by atoms with Crippen molar-refractivity contribution < 1.29 is 9.84 Å². The standard InChI is InChI=1S/C13H28N2O2/c1-10(2)17-9-13(16)8-15(3)12-6-4-11(14)5-7-12/h10-13,16H,4-9,14H2,1-3H3. The summed E-state index contributed by atoms with van der Waals surface area (Å²) in [5, 5.41) is 9.86. The summed E-state index contributed by atoms with van der Waals surface area (Å²) in [5.74, 6) is 0. The molecule has 0 aromatic heterocycles. The maximum atomic E-state index is 9.86. The Balaban J connectivity index is 2.21. The molecular weight excluding hydrogens is 216 g/mol. The number of nitrogens with two attached hydrogens (primary N) is 1. The van der Waals surface area contributed by atoms with E-state index in [1.165, 1.54) is 0 Å². The minimum Gasteiger partial charge on any atom is -0.389 e. The molecule has 0 bridgehead atoms. The van der Waals surface area contributed by atoms with Crippen LogP contribution >= 0.6 is 0 Å². The lowest BCUT2D eigenvalue weighted by atomic mass is 9.91. The van der Waals surface area contributed by atoms with E-state index in [0.29, 0.717) is 25.2 Å². The van der Waals surface area contributed by atoms with Crippen molar-refractivity contribution in [3.8, 4) is 0 Å². The molecule has 1 unspecified atom stereocenters. The lowest BCUT2D eigenvalue weighted by Gasteiger charge is -2.34. The number of ether oxygens (including phenoxy) is 1. The number of rotatable bonds is 6. The predicted octanol–water partition coefficient (Wildman–Crippen LogP) is 0.974. The molecule has 102 valence electrons. The fraction of sp³-hybridized carbons (Fsp3) is 1.00. The lowest BCUT2D eigenvalue weighted by molar-refractivity contribution is -0.0124. The van der Waals surface area contributed by atoms with Gasteiger partial charge in [-0.05, 0) is 46.6 Å². The monoisotopic (exact) mass is 244 g/mol. The third-order valence-electron chi connectivity index (χ3n) is 3.49. The highest BCUT2D eigenvalue weighted by Gasteiger charge is 2.23. The van der Waals surface area contributed by atoms with Gasteiger partial charge in [-0.3, -0.25) is 0 Å². The van der Waals surface area contributed by atoms with Gasteiger partial charge < -0.3 is 20.5 Å². The molecule has 1 rings (SSSR count). The van der Waals surface area contributed by atoms with Gasteiger partial charge in [-0.2, -0.15) is 0 Å². The number of nitrogens with zero attached hydrogens (tertiary/aromatic N) is 1. The second kappa shape index (κ2) is 7.31. The Labute approximate surface area is 105 Å². The van der Waals surface area contributed by atoms with Gasteiger partial charge in [0.05, 0.1) is 18.8 Å². The van der Waals surface area contributed by atoms with Crippen molar-refractivity contribution in [1.29, 1.82) is 0 Å². The first-order valence-electron chi connectivity index (χ1n) is 6.74. The van der Waals surface area contributed by atoms with Gasteiger partial charge in [0.2, 0.25) is 0 Å². The third kappa shape index (κ3) is 5.82. The van der Waals surface area contributed by atoms with E-state index in [-0.39, 0.29) is 6.10 Å². The van der Waals surface area contributed by atoms with Crippen molar-refractivity contribution in [2.45, 2.75) is 63.8 Å². The van der Waals surface area contributed by atoms with Crippen LogP contribution in [0, 0.1) is 0 Å². The van der Waals surface area contributed by atoms with Crippen LogP contribution in [-0.2, 0) is 4.74 Å². The molecule has 1 atom stereocenters. The Hall–Kier alpha value is -0.160. The van der Waals surface area contributed by atoms with Crippen molar-refractivity contribution >= 4 is 0 Å². The molecule has 4 heteroatoms. The Bertz CT molecular complexity index is 204. The smallest absolute Gasteiger partial charge is 0.0900 e. The molecule has 4 nitrogen and oxygen atoms in total. The number of aliphatic hydroxyl groups excluding tert-OH is 1. The minimum atomic E-state index is -0.391. The topological polar surface area (TPSA) is 58.7 Å². The SMILES string of the molecule is CC(C)OCC(O)CN(C)C1CCC(N)CC1. The summed E-state index contributed by atoms with van der Waals surface area (Å²) in [5.41, 5.74) is 5.89. The summed E-state index contributed by atoms with van der Waals surface area (Å²) < 4.78 is 5.41. The molecule has 0 radical (unpaired) electrons. The van der Waals surface area contributed by atoms with Gasteiger partial charge in [0.25, 0.3) is 0 Å². The van der Waals surface area contributed by atoms with Gasteiger partial charge in [0.1, 0.15) is 0 Å². The van der Waals surface area contributed by atoms with E-state index in [9.17, 15) is 5.11 Å². The van der Waals surface area contributed by atoms with Crippen molar-refractivity contribution in [1.82, 2.24) is 4.90 Å². The average Bonchev–Trinajstić information content (AvgIpc) is 2.27. The summed E-state index contributed by atoms with van der Waals surface area (Å²) in [7, 11) is 2.08. The van der Waals surface area contributed by atoms with Gasteiger partial charge in [0.15, 0.2) is 0 Å². The molecule has 0 spiro atoms. The minimum absolute atomic E-state index is 0.183. The summed E-state index contributed by atoms with van der Waals surface area (Å²) in [6, 6.07) is 0.956. The second-order valence-corrected chi connectivity index (χ2v) is 5.54. The zero-order valence-electron chi connectivity index (χ0n) is 11.4. The summed E-state index contributed by atoms with van der Waals surface area (Å²) in [6.07, 6.45) is 4.30. The van der Waals surface area contributed by atoms with Gasteiger partial charge >= 0.3 is 0 Å². The largest absolute Gasteiger partial charge is 0.389 e. The average molecular weight is 244 g/mol. The summed E-state index contributed by atoms with van der Waals surface area (Å²) in [6.45, 7) is 5.08. The molecule has 0 amide bonds. The van der Waals surface area contributed by atoms with Crippen LogP contribution in [0.3, 0.4) is 0 Å². The van der Waals surface area contributed by atoms with Crippen molar-refractivity contribution in [2.75, 3.05) is 20.2 Å². The molecular formula is C13H28N2O2. The van der Waals surface area contributed by atoms with Gasteiger partial charge in [-0.25, -0.2) is 0 Å². The molecule has 0 aromatic rings. The van der Waals surface area contributed by atoms with Crippen LogP contribution < -0.4 is 5.73 Å². The van der Waals surface area contributed by atoms with Crippen molar-refractivity contribution in [3.63, 3.8) is 0 Å². The fourth-order valence-electron chi connectivity index (χ4n) is 2.38. The quantitative estimate of drug-likeness (QED) is 0.731. The highest BCUT2D eigenvalue weighted by Crippen LogP contribution is 2.21. The van der Waals surface area contributed by atoms with Crippen LogP contribution in [0.25, 0.3) is 0 Å². The van der Waals surface area contributed by atoms with E-state index in [1.807, 2.05) is 13.8 Å². The van der Waals surface area contributed by atoms with E-state index in [1.54, 1.807) is 0 Å². The number of hydrogen-bond donors (Lipinski definition) is 2. The Morgan fingerprint density at radius 3 is 2.41 bits per heavy atom. The van der Waals surface area contributed by atoms with E-state index < -0.39 is 6.10 Å². The molecule has 1 aliphatic carbocycles. The van der Waals surface area contributed by atoms with Crippen LogP contribution in [-0.4, -0.2) is 54.5 Å². The van der Waals surface area contributed by atoms with Gasteiger partial charge in [-0.1, -0.05) is 0 Å². The van der Waals surface area contributed by atoms with Gasteiger partial charge in [-0.15, -0.1) is 0 Å². The van der Waals surface area contributed by atoms with E-state index in [4.69, 9.17) is 10.5 Å². The molecule has 0 heterocycles. The van der Waals surface area contributed by atoms with E-state index >= 15 is 0 Å². The van der Waals surface area contributed by atoms with E-state index in [0.717, 1.165) is 25.7 Å². The highest BCUT2D eigenvalue weighted by atomic mass is 16.5. The maximum Gasteiger partial charge on any atom is 0.0900 e. The summed E-state index contributed by atoms with van der Waals surface area (Å²) >= 11 is 0. The first-order valence-corrected chi connectivity index (χ1v) is 6.74. The molecule has 0 aromatic carbocycles. The summed E-state index contributed by atoms with van der Waals surface area (Å²) in [4.78, 5) is 2.25. The molecule has 1 aliphatic rings. The molecule has 17 heavy (non-hydrogen) atoms. The van der Waals surface area contributed by atoms with Crippen LogP contribution in [0.5, 0.6) is 0 Å². The van der Waals surface area contributed by atoms with E-state index in [2.05, 4.69) is 11.9 Å². The number of aliphatic hydroxyl groups is 1. The van der Waals surface area contributed by atoms with Crippen LogP contribution in [0.2, 0.25) is 0 Å². The molecule has 0 saturated heterocycles. The highest BCUT2D eigenvalue weighted by molar-refractivity contribution is 4.80. The lowest BCUT2D eigenvalue weighted by Crippen LogP contribution is -2.43. The Morgan fingerprint density at radius 2 is 1.88 bits per heavy atom. The van der Waals surface area contributed by atoms with Crippen molar-refractivity contribution in [2.24, 2.45) is 5.73 Å². The Kier molecular flexibility index (Phi) is 6.41. The molecule has 0 aliphatic heterocycles. The fourth-order valence-corrected chi connectivity index (χ4v) is 2.38. The van der Waals surface area contributed by atoms with Crippen LogP contribution in [0.15, 0.2) is 0 Å². The number of hydrogen-bond acceptors (Lipinski definition) is 4. The Morgan fingerprint density at radius 1 is 1.29 bits per heavy atom. The van der Waals surface area contributed by atoms with Crippen molar-refractivity contribution in [3.05, 3.63) is 0 Å². The maximum absolute atomic E-state index is 9.86. The van der Waals surface area contributed by atoms with Crippen LogP contribution in [0.4, 0.5) is 0 Å². The zero-order chi connectivity index (χ0) is 12.8. The number of likely N-dealkylation sites (N-methyl/N-ethyl adjacent to an activating group) is 1. The molecule has 1 fully saturated rings. The third-order valence-corrected chi connectivity index (χ3v) is 3.49. The zero-order valence-corrected chi connectivity index (χ0v) is 11.4. The molecule has 1 saturated carbocycles. The molecule has 3 N–H and O–H groups in total. The normalized spacial score (nSPS) is 27.7. The van der Waals surface area contributed by atoms with Crippen LogP contribution in [0.1, 0.15) is 39.5 Å². The first-order chi connectivity index (χ1) is 7.99. The predicted molar refractivity (Wildman–Crippen MR) is 70.0 cm³/mol. The second-order valence-electron chi connectivity index (χ2n) is 5.54. The first kappa shape index (κ1) is 14.9. The van der Waals surface area contributed by atoms with Gasteiger partial charge in [0, 0.05) is 18.6 Å².